The van der Waals surface area contributed by atoms with Gasteiger partial charge in [-0.15, -0.1) is 6.08 Å². The predicted molar refractivity (Wildman–Crippen MR) is 68.5 cm³/mol. The third-order valence-corrected chi connectivity index (χ3v) is 3.26. The minimum absolute atomic E-state index is 0. The SMILES string of the molecule is CC(C)C1=C[C-](C(C)C)CC(C(C)C)=C1.[Li+]. The Morgan fingerprint density at radius 1 is 1.00 bits per heavy atom. The van der Waals surface area contributed by atoms with Crippen molar-refractivity contribution in [1.29, 1.82) is 0 Å². The van der Waals surface area contributed by atoms with Gasteiger partial charge in [-0.1, -0.05) is 65.4 Å². The van der Waals surface area contributed by atoms with Gasteiger partial charge in [-0.3, -0.25) is 0 Å². The van der Waals surface area contributed by atoms with Crippen LogP contribution in [0.2, 0.25) is 0 Å². The Morgan fingerprint density at radius 2 is 1.56 bits per heavy atom. The number of rotatable bonds is 3. The molecule has 0 amide bonds. The summed E-state index contributed by atoms with van der Waals surface area (Å²) in [4.78, 5) is 0. The predicted octanol–water partition coefficient (Wildman–Crippen LogP) is 1.79. The third kappa shape index (κ3) is 4.08. The molecule has 1 aliphatic rings. The Labute approximate surface area is 114 Å². The molecule has 86 valence electrons. The van der Waals surface area contributed by atoms with Crippen LogP contribution in [-0.2, 0) is 0 Å². The minimum atomic E-state index is 0. The second-order valence-electron chi connectivity index (χ2n) is 5.58. The molecule has 0 spiro atoms. The van der Waals surface area contributed by atoms with Gasteiger partial charge in [-0.25, -0.2) is 12.0 Å². The molecule has 0 aliphatic heterocycles. The summed E-state index contributed by atoms with van der Waals surface area (Å²) >= 11 is 0. The molecule has 0 saturated heterocycles. The Kier molecular flexibility index (Phi) is 6.60. The molecule has 0 saturated carbocycles. The van der Waals surface area contributed by atoms with Crippen molar-refractivity contribution in [1.82, 2.24) is 0 Å². The molecule has 0 fully saturated rings. The molecule has 1 rings (SSSR count). The maximum Gasteiger partial charge on any atom is 1.00 e. The second kappa shape index (κ2) is 6.63. The van der Waals surface area contributed by atoms with Crippen LogP contribution in [0.4, 0.5) is 0 Å². The van der Waals surface area contributed by atoms with Gasteiger partial charge in [0.25, 0.3) is 0 Å². The fraction of sp³-hybridized carbons (Fsp3) is 0.667. The first kappa shape index (κ1) is 15.9. The van der Waals surface area contributed by atoms with Crippen molar-refractivity contribution < 1.29 is 18.9 Å². The van der Waals surface area contributed by atoms with Gasteiger partial charge in [0.15, 0.2) is 0 Å². The van der Waals surface area contributed by atoms with Crippen molar-refractivity contribution in [3.05, 3.63) is 29.2 Å². The van der Waals surface area contributed by atoms with Crippen molar-refractivity contribution in [2.45, 2.75) is 48.0 Å². The quantitative estimate of drug-likeness (QED) is 0.494. The van der Waals surface area contributed by atoms with Crippen LogP contribution < -0.4 is 18.9 Å². The molecule has 0 bridgehead atoms. The second-order valence-corrected chi connectivity index (χ2v) is 5.58. The molecule has 0 aromatic rings. The molecule has 0 heterocycles. The van der Waals surface area contributed by atoms with Gasteiger partial charge in [0.05, 0.1) is 0 Å². The van der Waals surface area contributed by atoms with Crippen molar-refractivity contribution in [3.63, 3.8) is 0 Å². The molecule has 0 unspecified atom stereocenters. The monoisotopic (exact) mass is 212 g/mol. The standard InChI is InChI=1S/C15H25.Li/c1-10(2)13-7-14(11(3)4)9-15(8-13)12(5)6;/h7-8,10-12H,9H2,1-6H3;/q-1;+1. The van der Waals surface area contributed by atoms with E-state index in [1.165, 1.54) is 12.0 Å². The van der Waals surface area contributed by atoms with Crippen LogP contribution in [-0.4, -0.2) is 0 Å². The Bertz CT molecular complexity index is 269. The zero-order valence-electron chi connectivity index (χ0n) is 12.1. The summed E-state index contributed by atoms with van der Waals surface area (Å²) in [6.07, 6.45) is 6.02. The van der Waals surface area contributed by atoms with Crippen molar-refractivity contribution in [3.8, 4) is 0 Å². The summed E-state index contributed by atoms with van der Waals surface area (Å²) in [5.41, 5.74) is 3.11. The van der Waals surface area contributed by atoms with E-state index in [0.717, 1.165) is 0 Å². The van der Waals surface area contributed by atoms with Crippen LogP contribution in [0, 0.1) is 23.7 Å². The van der Waals surface area contributed by atoms with E-state index in [4.69, 9.17) is 0 Å². The molecule has 1 aliphatic carbocycles. The number of allylic oxidation sites excluding steroid dienone is 4. The van der Waals surface area contributed by atoms with Crippen LogP contribution in [0.5, 0.6) is 0 Å². The fourth-order valence-electron chi connectivity index (χ4n) is 1.88. The summed E-state index contributed by atoms with van der Waals surface area (Å²) in [5, 5.41) is 0. The minimum Gasteiger partial charge on any atom is -0.221 e. The first-order valence-electron chi connectivity index (χ1n) is 6.19. The van der Waals surface area contributed by atoms with Gasteiger partial charge < -0.3 is 0 Å². The maximum absolute atomic E-state index is 2.42. The molecule has 0 aromatic heterocycles. The van der Waals surface area contributed by atoms with Gasteiger partial charge in [0.1, 0.15) is 0 Å². The molecule has 0 atom stereocenters. The van der Waals surface area contributed by atoms with E-state index in [0.29, 0.717) is 17.8 Å². The van der Waals surface area contributed by atoms with E-state index >= 15 is 0 Å². The molecule has 0 radical (unpaired) electrons. The first-order valence-corrected chi connectivity index (χ1v) is 6.19. The molecule has 0 aromatic carbocycles. The summed E-state index contributed by atoms with van der Waals surface area (Å²) in [6, 6.07) is 0. The van der Waals surface area contributed by atoms with Gasteiger partial charge in [0, 0.05) is 0 Å². The fourth-order valence-corrected chi connectivity index (χ4v) is 1.88. The zero-order valence-corrected chi connectivity index (χ0v) is 12.1. The van der Waals surface area contributed by atoms with Crippen LogP contribution in [0.1, 0.15) is 48.0 Å². The van der Waals surface area contributed by atoms with E-state index in [2.05, 4.69) is 53.7 Å². The van der Waals surface area contributed by atoms with Crippen molar-refractivity contribution >= 4 is 0 Å². The van der Waals surface area contributed by atoms with Gasteiger partial charge in [0.2, 0.25) is 0 Å². The molecule has 1 heteroatoms. The molecule has 16 heavy (non-hydrogen) atoms. The molecular weight excluding hydrogens is 187 g/mol. The molecule has 0 N–H and O–H groups in total. The Morgan fingerprint density at radius 3 is 1.94 bits per heavy atom. The van der Waals surface area contributed by atoms with E-state index < -0.39 is 0 Å². The zero-order chi connectivity index (χ0) is 11.6. The number of hydrogen-bond donors (Lipinski definition) is 0. The summed E-state index contributed by atoms with van der Waals surface area (Å²) < 4.78 is 0. The van der Waals surface area contributed by atoms with E-state index in [-0.39, 0.29) is 18.9 Å². The van der Waals surface area contributed by atoms with E-state index in [1.54, 1.807) is 11.5 Å². The summed E-state index contributed by atoms with van der Waals surface area (Å²) in [6.45, 7) is 13.8. The van der Waals surface area contributed by atoms with Crippen LogP contribution in [0.15, 0.2) is 23.3 Å². The maximum atomic E-state index is 2.42. The third-order valence-electron chi connectivity index (χ3n) is 3.26. The summed E-state index contributed by atoms with van der Waals surface area (Å²) in [5.74, 6) is 3.61. The van der Waals surface area contributed by atoms with Gasteiger partial charge >= 0.3 is 18.9 Å². The molecule has 0 nitrogen and oxygen atoms in total. The average Bonchev–Trinajstić information content (AvgIpc) is 2.16. The topological polar surface area (TPSA) is 0 Å². The Hall–Kier alpha value is -0.0526. The normalized spacial score (nSPS) is 16.4. The van der Waals surface area contributed by atoms with Gasteiger partial charge in [-0.05, 0) is 5.92 Å². The van der Waals surface area contributed by atoms with Crippen LogP contribution in [0.25, 0.3) is 0 Å². The largest absolute Gasteiger partial charge is 1.00 e. The van der Waals surface area contributed by atoms with E-state index in [1.807, 2.05) is 0 Å². The van der Waals surface area contributed by atoms with Crippen LogP contribution in [0.3, 0.4) is 0 Å². The number of hydrogen-bond acceptors (Lipinski definition) is 0. The van der Waals surface area contributed by atoms with E-state index in [9.17, 15) is 0 Å². The van der Waals surface area contributed by atoms with Crippen molar-refractivity contribution in [2.24, 2.45) is 17.8 Å². The Balaban J connectivity index is 0.00000225. The molecular formula is C15H25Li. The van der Waals surface area contributed by atoms with Gasteiger partial charge in [-0.2, -0.15) is 5.57 Å². The average molecular weight is 212 g/mol. The van der Waals surface area contributed by atoms with Crippen molar-refractivity contribution in [2.75, 3.05) is 0 Å². The smallest absolute Gasteiger partial charge is 0.221 e. The summed E-state index contributed by atoms with van der Waals surface area (Å²) in [7, 11) is 0. The first-order chi connectivity index (χ1) is 6.91. The van der Waals surface area contributed by atoms with Crippen LogP contribution >= 0.6 is 0 Å².